The van der Waals surface area contributed by atoms with Gasteiger partial charge < -0.3 is 9.64 Å². The Morgan fingerprint density at radius 2 is 1.60 bits per heavy atom. The summed E-state index contributed by atoms with van der Waals surface area (Å²) < 4.78 is 5.57. The number of aryl methyl sites for hydroxylation is 1. The number of carbonyl (C=O) groups is 3. The van der Waals surface area contributed by atoms with E-state index < -0.39 is 5.91 Å². The largest absolute Gasteiger partial charge is 0.491 e. The highest BCUT2D eigenvalue weighted by Gasteiger charge is 2.25. The van der Waals surface area contributed by atoms with Crippen molar-refractivity contribution in [1.82, 2.24) is 10.9 Å². The van der Waals surface area contributed by atoms with E-state index in [1.165, 1.54) is 10.5 Å². The van der Waals surface area contributed by atoms with Gasteiger partial charge in [-0.1, -0.05) is 30.3 Å². The fraction of sp³-hybridized carbons (Fsp3) is 0.318. The van der Waals surface area contributed by atoms with E-state index in [0.29, 0.717) is 11.4 Å². The van der Waals surface area contributed by atoms with Gasteiger partial charge in [0.15, 0.2) is 0 Å². The van der Waals surface area contributed by atoms with Crippen LogP contribution in [0.1, 0.15) is 18.4 Å². The number of fused-ring (bicyclic) bond motifs is 2. The maximum Gasteiger partial charge on any atom is 0.258 e. The van der Waals surface area contributed by atoms with Crippen LogP contribution in [0.3, 0.4) is 0 Å². The van der Waals surface area contributed by atoms with Crippen molar-refractivity contribution in [2.75, 3.05) is 36.0 Å². The predicted molar refractivity (Wildman–Crippen MR) is 112 cm³/mol. The van der Waals surface area contributed by atoms with E-state index in [2.05, 4.69) is 16.9 Å². The minimum absolute atomic E-state index is 0.149. The maximum atomic E-state index is 12.4. The Balaban J connectivity index is 1.33. The molecule has 0 atom stereocenters. The van der Waals surface area contributed by atoms with E-state index in [4.69, 9.17) is 4.74 Å². The summed E-state index contributed by atoms with van der Waals surface area (Å²) in [6.45, 7) is 1.00. The summed E-state index contributed by atoms with van der Waals surface area (Å²) in [7, 11) is 0. The van der Waals surface area contributed by atoms with Gasteiger partial charge >= 0.3 is 0 Å². The molecule has 8 nitrogen and oxygen atoms in total. The van der Waals surface area contributed by atoms with Crippen molar-refractivity contribution in [2.45, 2.75) is 19.3 Å². The highest BCUT2D eigenvalue weighted by molar-refractivity contribution is 6.00. The summed E-state index contributed by atoms with van der Waals surface area (Å²) >= 11 is 0. The molecule has 2 heterocycles. The van der Waals surface area contributed by atoms with Gasteiger partial charge in [-0.3, -0.25) is 30.1 Å². The van der Waals surface area contributed by atoms with Gasteiger partial charge in [-0.25, -0.2) is 0 Å². The van der Waals surface area contributed by atoms with Crippen LogP contribution in [0, 0.1) is 0 Å². The summed E-state index contributed by atoms with van der Waals surface area (Å²) in [4.78, 5) is 40.6. The minimum atomic E-state index is -0.479. The minimum Gasteiger partial charge on any atom is -0.491 e. The smallest absolute Gasteiger partial charge is 0.258 e. The van der Waals surface area contributed by atoms with Crippen molar-refractivity contribution in [2.24, 2.45) is 0 Å². The van der Waals surface area contributed by atoms with E-state index in [-0.39, 0.29) is 37.9 Å². The number of para-hydroxylation sites is 3. The number of nitrogens with zero attached hydrogens (tertiary/aromatic N) is 2. The van der Waals surface area contributed by atoms with Crippen molar-refractivity contribution in [3.05, 3.63) is 54.1 Å². The van der Waals surface area contributed by atoms with Crippen molar-refractivity contribution in [3.8, 4) is 5.75 Å². The normalized spacial score (nSPS) is 15.4. The first kappa shape index (κ1) is 19.8. The van der Waals surface area contributed by atoms with Crippen LogP contribution in [0.5, 0.6) is 5.75 Å². The van der Waals surface area contributed by atoms with Crippen LogP contribution in [-0.4, -0.2) is 44.0 Å². The lowest BCUT2D eigenvalue weighted by molar-refractivity contribution is -0.128. The molecule has 156 valence electrons. The molecule has 8 heteroatoms. The fourth-order valence-electron chi connectivity index (χ4n) is 3.80. The van der Waals surface area contributed by atoms with Crippen LogP contribution in [-0.2, 0) is 20.8 Å². The van der Waals surface area contributed by atoms with E-state index >= 15 is 0 Å². The van der Waals surface area contributed by atoms with Crippen LogP contribution in [0.15, 0.2) is 48.5 Å². The third-order valence-corrected chi connectivity index (χ3v) is 5.21. The first-order chi connectivity index (χ1) is 14.6. The second kappa shape index (κ2) is 8.86. The number of hydrogen-bond donors (Lipinski definition) is 2. The monoisotopic (exact) mass is 408 g/mol. The molecular weight excluding hydrogens is 384 g/mol. The van der Waals surface area contributed by atoms with Gasteiger partial charge in [0.2, 0.25) is 5.91 Å². The number of hydrazine groups is 1. The lowest BCUT2D eigenvalue weighted by Crippen LogP contribution is -2.50. The molecule has 3 amide bonds. The number of benzene rings is 2. The van der Waals surface area contributed by atoms with Crippen molar-refractivity contribution in [1.29, 1.82) is 0 Å². The number of nitrogens with one attached hydrogen (secondary N) is 2. The highest BCUT2D eigenvalue weighted by atomic mass is 16.5. The number of rotatable bonds is 4. The van der Waals surface area contributed by atoms with Gasteiger partial charge in [-0.15, -0.1) is 0 Å². The third-order valence-electron chi connectivity index (χ3n) is 5.21. The van der Waals surface area contributed by atoms with Gasteiger partial charge in [-0.05, 0) is 36.6 Å². The van der Waals surface area contributed by atoms with Gasteiger partial charge in [0.05, 0.1) is 25.3 Å². The van der Waals surface area contributed by atoms with Crippen LogP contribution in [0.2, 0.25) is 0 Å². The zero-order valence-corrected chi connectivity index (χ0v) is 16.6. The molecule has 0 bridgehead atoms. The Labute approximate surface area is 174 Å². The van der Waals surface area contributed by atoms with Crippen LogP contribution >= 0.6 is 0 Å². The number of ether oxygens (including phenoxy) is 1. The van der Waals surface area contributed by atoms with Crippen molar-refractivity contribution < 1.29 is 19.1 Å². The molecule has 2 N–H and O–H groups in total. The molecule has 0 aromatic heterocycles. The first-order valence-corrected chi connectivity index (χ1v) is 10.0. The lowest BCUT2D eigenvalue weighted by Gasteiger charge is -2.30. The number of hydrogen-bond acceptors (Lipinski definition) is 5. The zero-order chi connectivity index (χ0) is 20.9. The zero-order valence-electron chi connectivity index (χ0n) is 16.6. The molecule has 0 saturated carbocycles. The molecule has 2 aliphatic rings. The van der Waals surface area contributed by atoms with Gasteiger partial charge in [-0.2, -0.15) is 0 Å². The Morgan fingerprint density at radius 3 is 2.43 bits per heavy atom. The Kier molecular flexibility index (Phi) is 5.83. The van der Waals surface area contributed by atoms with Crippen LogP contribution in [0.25, 0.3) is 0 Å². The molecule has 0 spiro atoms. The van der Waals surface area contributed by atoms with Crippen LogP contribution < -0.4 is 25.4 Å². The van der Waals surface area contributed by atoms with E-state index in [9.17, 15) is 14.4 Å². The highest BCUT2D eigenvalue weighted by Crippen LogP contribution is 2.30. The first-order valence-electron chi connectivity index (χ1n) is 10.0. The molecule has 30 heavy (non-hydrogen) atoms. The van der Waals surface area contributed by atoms with Crippen molar-refractivity contribution in [3.63, 3.8) is 0 Å². The second-order valence-corrected chi connectivity index (χ2v) is 7.30. The second-order valence-electron chi connectivity index (χ2n) is 7.30. The molecular formula is C22H24N4O4. The molecule has 2 aromatic carbocycles. The Bertz CT molecular complexity index is 962. The van der Waals surface area contributed by atoms with Gasteiger partial charge in [0.25, 0.3) is 11.8 Å². The summed E-state index contributed by atoms with van der Waals surface area (Å²) in [5, 5.41) is 0. The molecule has 0 radical (unpaired) electrons. The SMILES string of the molecule is O=C(CN1CCCc2ccccc21)NNC(=O)CN1C(=O)CCOc2ccccc21. The molecule has 0 aliphatic carbocycles. The summed E-state index contributed by atoms with van der Waals surface area (Å²) in [6, 6.07) is 15.1. The average Bonchev–Trinajstić information content (AvgIpc) is 2.91. The third kappa shape index (κ3) is 4.37. The Hall–Kier alpha value is -3.55. The topological polar surface area (TPSA) is 91.0 Å². The predicted octanol–water partition coefficient (Wildman–Crippen LogP) is 1.40. The fourth-order valence-corrected chi connectivity index (χ4v) is 3.80. The molecule has 0 saturated heterocycles. The summed E-state index contributed by atoms with van der Waals surface area (Å²) in [5.41, 5.74) is 7.69. The average molecular weight is 408 g/mol. The number of amides is 3. The van der Waals surface area contributed by atoms with Gasteiger partial charge in [0, 0.05) is 12.2 Å². The van der Waals surface area contributed by atoms with E-state index in [0.717, 1.165) is 25.1 Å². The molecule has 0 fully saturated rings. The van der Waals surface area contributed by atoms with Crippen molar-refractivity contribution >= 4 is 29.1 Å². The molecule has 2 aromatic rings. The molecule has 4 rings (SSSR count). The Morgan fingerprint density at radius 1 is 0.900 bits per heavy atom. The molecule has 0 unspecified atom stereocenters. The molecule has 2 aliphatic heterocycles. The van der Waals surface area contributed by atoms with Gasteiger partial charge in [0.1, 0.15) is 12.3 Å². The number of anilines is 2. The quantitative estimate of drug-likeness (QED) is 0.747. The van der Waals surface area contributed by atoms with E-state index in [1.54, 1.807) is 18.2 Å². The summed E-state index contributed by atoms with van der Waals surface area (Å²) in [5.74, 6) is -0.436. The van der Waals surface area contributed by atoms with E-state index in [1.807, 2.05) is 29.2 Å². The van der Waals surface area contributed by atoms with Crippen LogP contribution in [0.4, 0.5) is 11.4 Å². The lowest BCUT2D eigenvalue weighted by atomic mass is 10.0. The number of carbonyl (C=O) groups excluding carboxylic acids is 3. The summed E-state index contributed by atoms with van der Waals surface area (Å²) in [6.07, 6.45) is 2.16. The standard InChI is InChI=1S/C22H24N4O4/c27-20(14-25-12-5-7-16-6-1-2-8-17(16)25)23-24-21(28)15-26-18-9-3-4-10-19(18)30-13-11-22(26)29/h1-4,6,8-10H,5,7,11-15H2,(H,23,27)(H,24,28). The maximum absolute atomic E-state index is 12.4.